The van der Waals surface area contributed by atoms with E-state index in [1.165, 1.54) is 45.4 Å². The zero-order chi connectivity index (χ0) is 11.3. The molecule has 4 nitrogen and oxygen atoms in total. The number of nitrogens with zero attached hydrogens (tertiary/aromatic N) is 1. The Morgan fingerprint density at radius 2 is 1.87 bits per heavy atom. The van der Waals surface area contributed by atoms with Gasteiger partial charge in [0.25, 0.3) is 0 Å². The molecule has 2 rings (SSSR count). The Bertz CT molecular complexity index is 248. The van der Waals surface area contributed by atoms with Crippen LogP contribution >= 0.6 is 10.7 Å². The molecule has 0 unspecified atom stereocenters. The van der Waals surface area contributed by atoms with Gasteiger partial charge in [0.1, 0.15) is 0 Å². The molecule has 0 aromatic carbocycles. The molecular formula is C9H19ClN2O2S. The number of halogens is 1. The summed E-state index contributed by atoms with van der Waals surface area (Å²) >= 11 is 0. The van der Waals surface area contributed by atoms with Crippen LogP contribution in [-0.4, -0.2) is 51.8 Å². The van der Waals surface area contributed by atoms with Crippen LogP contribution in [0.1, 0.15) is 19.3 Å². The SMILES string of the molecule is C1CCN([C@@H]2CCNC2)C1.CS(=O)(=O)Cl. The Morgan fingerprint density at radius 3 is 2.27 bits per heavy atom. The molecule has 0 spiro atoms. The summed E-state index contributed by atoms with van der Waals surface area (Å²) in [6.07, 6.45) is 5.15. The number of nitrogens with one attached hydrogen (secondary N) is 1. The predicted octanol–water partition coefficient (Wildman–Crippen LogP) is 0.629. The number of likely N-dealkylation sites (tertiary alicyclic amines) is 1. The molecule has 0 radical (unpaired) electrons. The zero-order valence-electron chi connectivity index (χ0n) is 9.08. The van der Waals surface area contributed by atoms with E-state index in [1.54, 1.807) is 0 Å². The van der Waals surface area contributed by atoms with E-state index in [1.807, 2.05) is 0 Å². The maximum Gasteiger partial charge on any atom is 0.229 e. The third-order valence-corrected chi connectivity index (χ3v) is 2.69. The van der Waals surface area contributed by atoms with Crippen molar-refractivity contribution >= 4 is 19.7 Å². The second-order valence-electron chi connectivity index (χ2n) is 4.07. The van der Waals surface area contributed by atoms with Gasteiger partial charge in [-0.2, -0.15) is 0 Å². The Morgan fingerprint density at radius 1 is 1.33 bits per heavy atom. The molecule has 2 saturated heterocycles. The summed E-state index contributed by atoms with van der Waals surface area (Å²) in [7, 11) is 1.31. The van der Waals surface area contributed by atoms with Gasteiger partial charge < -0.3 is 5.32 Å². The van der Waals surface area contributed by atoms with Crippen LogP contribution in [0, 0.1) is 0 Å². The molecule has 2 fully saturated rings. The molecule has 15 heavy (non-hydrogen) atoms. The van der Waals surface area contributed by atoms with Crippen molar-refractivity contribution in [1.82, 2.24) is 10.2 Å². The summed E-state index contributed by atoms with van der Waals surface area (Å²) in [5.41, 5.74) is 0. The minimum atomic E-state index is -3.19. The monoisotopic (exact) mass is 254 g/mol. The summed E-state index contributed by atoms with van der Waals surface area (Å²) < 4.78 is 18.8. The van der Waals surface area contributed by atoms with Crippen LogP contribution < -0.4 is 5.32 Å². The Balaban J connectivity index is 0.000000195. The van der Waals surface area contributed by atoms with Crippen molar-refractivity contribution in [3.63, 3.8) is 0 Å². The molecule has 1 atom stereocenters. The molecule has 2 heterocycles. The minimum absolute atomic E-state index is 0.877. The van der Waals surface area contributed by atoms with Gasteiger partial charge >= 0.3 is 0 Å². The largest absolute Gasteiger partial charge is 0.315 e. The topological polar surface area (TPSA) is 49.4 Å². The van der Waals surface area contributed by atoms with E-state index in [-0.39, 0.29) is 0 Å². The van der Waals surface area contributed by atoms with Crippen molar-refractivity contribution in [1.29, 1.82) is 0 Å². The van der Waals surface area contributed by atoms with Gasteiger partial charge in [0, 0.05) is 23.3 Å². The van der Waals surface area contributed by atoms with Gasteiger partial charge in [-0.15, -0.1) is 0 Å². The summed E-state index contributed by atoms with van der Waals surface area (Å²) in [5, 5.41) is 3.41. The lowest BCUT2D eigenvalue weighted by atomic mass is 10.2. The fraction of sp³-hybridized carbons (Fsp3) is 1.00. The summed E-state index contributed by atoms with van der Waals surface area (Å²) in [6.45, 7) is 5.18. The lowest BCUT2D eigenvalue weighted by Gasteiger charge is -2.21. The maximum atomic E-state index is 9.40. The molecular weight excluding hydrogens is 236 g/mol. The van der Waals surface area contributed by atoms with Crippen LogP contribution in [0.3, 0.4) is 0 Å². The summed E-state index contributed by atoms with van der Waals surface area (Å²) in [6, 6.07) is 0.877. The minimum Gasteiger partial charge on any atom is -0.315 e. The van der Waals surface area contributed by atoms with Crippen molar-refractivity contribution in [3.8, 4) is 0 Å². The summed E-state index contributed by atoms with van der Waals surface area (Å²) in [4.78, 5) is 2.64. The third kappa shape index (κ3) is 6.35. The van der Waals surface area contributed by atoms with E-state index in [0.717, 1.165) is 12.3 Å². The molecule has 0 bridgehead atoms. The summed E-state index contributed by atoms with van der Waals surface area (Å²) in [5.74, 6) is 0. The Kier molecular flexibility index (Phi) is 5.32. The molecule has 2 aliphatic heterocycles. The average Bonchev–Trinajstić information content (AvgIpc) is 2.73. The molecule has 6 heteroatoms. The molecule has 2 aliphatic rings. The van der Waals surface area contributed by atoms with Crippen molar-refractivity contribution in [2.75, 3.05) is 32.4 Å². The maximum absolute atomic E-state index is 9.40. The highest BCUT2D eigenvalue weighted by Crippen LogP contribution is 2.15. The second-order valence-corrected chi connectivity index (χ2v) is 7.12. The highest BCUT2D eigenvalue weighted by Gasteiger charge is 2.23. The van der Waals surface area contributed by atoms with Crippen LogP contribution in [0.5, 0.6) is 0 Å². The fourth-order valence-electron chi connectivity index (χ4n) is 2.06. The first-order valence-electron chi connectivity index (χ1n) is 5.31. The number of hydrogen-bond donors (Lipinski definition) is 1. The van der Waals surface area contributed by atoms with Crippen molar-refractivity contribution < 1.29 is 8.42 Å². The predicted molar refractivity (Wildman–Crippen MR) is 62.8 cm³/mol. The van der Waals surface area contributed by atoms with Gasteiger partial charge in [-0.1, -0.05) is 0 Å². The first-order valence-corrected chi connectivity index (χ1v) is 8.03. The molecule has 90 valence electrons. The molecule has 0 aromatic rings. The van der Waals surface area contributed by atoms with Gasteiger partial charge in [0.05, 0.1) is 6.26 Å². The number of rotatable bonds is 1. The van der Waals surface area contributed by atoms with Gasteiger partial charge in [-0.25, -0.2) is 8.42 Å². The first kappa shape index (κ1) is 13.2. The van der Waals surface area contributed by atoms with Crippen molar-refractivity contribution in [3.05, 3.63) is 0 Å². The Hall–Kier alpha value is 0.160. The van der Waals surface area contributed by atoms with Crippen molar-refractivity contribution in [2.45, 2.75) is 25.3 Å². The quantitative estimate of drug-likeness (QED) is 0.698. The van der Waals surface area contributed by atoms with Gasteiger partial charge in [0.15, 0.2) is 0 Å². The van der Waals surface area contributed by atoms with Gasteiger partial charge in [-0.3, -0.25) is 4.90 Å². The van der Waals surface area contributed by atoms with E-state index in [4.69, 9.17) is 0 Å². The number of hydrogen-bond acceptors (Lipinski definition) is 4. The lowest BCUT2D eigenvalue weighted by Crippen LogP contribution is -2.34. The zero-order valence-corrected chi connectivity index (χ0v) is 10.6. The standard InChI is InChI=1S/C8H16N2.CH3ClO2S/c1-2-6-10(5-1)8-3-4-9-7-8;1-5(2,3)4/h8-9H,1-7H2;1H3/t8-;/m1./s1. The van der Waals surface area contributed by atoms with Crippen LogP contribution in [-0.2, 0) is 9.05 Å². The second kappa shape index (κ2) is 6.03. The normalized spacial score (nSPS) is 27.5. The van der Waals surface area contributed by atoms with E-state index in [2.05, 4.69) is 20.9 Å². The van der Waals surface area contributed by atoms with Gasteiger partial charge in [-0.05, 0) is 38.9 Å². The molecule has 0 aromatic heterocycles. The smallest absolute Gasteiger partial charge is 0.229 e. The highest BCUT2D eigenvalue weighted by molar-refractivity contribution is 8.13. The highest BCUT2D eigenvalue weighted by atomic mass is 35.7. The molecule has 0 saturated carbocycles. The van der Waals surface area contributed by atoms with Crippen LogP contribution in [0.15, 0.2) is 0 Å². The van der Waals surface area contributed by atoms with Crippen LogP contribution in [0.4, 0.5) is 0 Å². The lowest BCUT2D eigenvalue weighted by molar-refractivity contribution is 0.258. The first-order chi connectivity index (χ1) is 6.97. The Labute approximate surface area is 96.4 Å². The van der Waals surface area contributed by atoms with E-state index < -0.39 is 9.05 Å². The van der Waals surface area contributed by atoms with E-state index in [9.17, 15) is 8.42 Å². The van der Waals surface area contributed by atoms with Crippen LogP contribution in [0.25, 0.3) is 0 Å². The molecule has 1 N–H and O–H groups in total. The average molecular weight is 255 g/mol. The van der Waals surface area contributed by atoms with E-state index in [0.29, 0.717) is 0 Å². The molecule has 0 amide bonds. The van der Waals surface area contributed by atoms with Crippen LogP contribution in [0.2, 0.25) is 0 Å². The third-order valence-electron chi connectivity index (χ3n) is 2.69. The van der Waals surface area contributed by atoms with E-state index >= 15 is 0 Å². The van der Waals surface area contributed by atoms with Crippen molar-refractivity contribution in [2.24, 2.45) is 0 Å². The fourth-order valence-corrected chi connectivity index (χ4v) is 2.06. The van der Waals surface area contributed by atoms with Gasteiger partial charge in [0.2, 0.25) is 9.05 Å². The molecule has 0 aliphatic carbocycles.